The molecule has 2 aromatic heterocycles. The van der Waals surface area contributed by atoms with Gasteiger partial charge in [-0.1, -0.05) is 12.1 Å². The fourth-order valence-corrected chi connectivity index (χ4v) is 2.71. The summed E-state index contributed by atoms with van der Waals surface area (Å²) in [5.41, 5.74) is 1.42. The van der Waals surface area contributed by atoms with Crippen LogP contribution in [0.2, 0.25) is 0 Å². The summed E-state index contributed by atoms with van der Waals surface area (Å²) >= 11 is 3.35. The van der Waals surface area contributed by atoms with Gasteiger partial charge in [0, 0.05) is 18.3 Å². The first kappa shape index (κ1) is 17.8. The highest BCUT2D eigenvalue weighted by atomic mass is 79.9. The Labute approximate surface area is 156 Å². The van der Waals surface area contributed by atoms with Crippen molar-refractivity contribution in [2.24, 2.45) is 0 Å². The molecule has 3 aromatic rings. The summed E-state index contributed by atoms with van der Waals surface area (Å²) in [6.07, 6.45) is 6.07. The molecule has 0 unspecified atom stereocenters. The third-order valence-electron chi connectivity index (χ3n) is 3.59. The number of nitro groups is 1. The molecule has 26 heavy (non-hydrogen) atoms. The van der Waals surface area contributed by atoms with Crippen LogP contribution in [0.3, 0.4) is 0 Å². The first-order valence-corrected chi connectivity index (χ1v) is 8.52. The van der Waals surface area contributed by atoms with Crippen molar-refractivity contribution in [3.8, 4) is 0 Å². The van der Waals surface area contributed by atoms with Gasteiger partial charge in [0.25, 0.3) is 5.91 Å². The number of amides is 1. The van der Waals surface area contributed by atoms with Crippen LogP contribution in [-0.2, 0) is 13.1 Å². The lowest BCUT2D eigenvalue weighted by molar-refractivity contribution is -0.385. The zero-order chi connectivity index (χ0) is 18.5. The molecular weight excluding hydrogens is 404 g/mol. The number of hydrogen-bond acceptors (Lipinski definition) is 5. The summed E-state index contributed by atoms with van der Waals surface area (Å²) in [7, 11) is 0. The van der Waals surface area contributed by atoms with Crippen molar-refractivity contribution in [1.29, 1.82) is 0 Å². The Morgan fingerprint density at radius 1 is 1.23 bits per heavy atom. The SMILES string of the molecule is O=C(NCCn1cc([N+](=O)[O-])cn1)c1cccc(Cn2cc(Br)cn2)c1. The van der Waals surface area contributed by atoms with E-state index in [0.717, 1.165) is 10.0 Å². The molecule has 0 aliphatic heterocycles. The minimum Gasteiger partial charge on any atom is -0.350 e. The van der Waals surface area contributed by atoms with E-state index in [2.05, 4.69) is 31.4 Å². The van der Waals surface area contributed by atoms with Gasteiger partial charge in [-0.3, -0.25) is 24.3 Å². The predicted molar refractivity (Wildman–Crippen MR) is 96.7 cm³/mol. The van der Waals surface area contributed by atoms with Crippen molar-refractivity contribution in [1.82, 2.24) is 24.9 Å². The Morgan fingerprint density at radius 2 is 2.04 bits per heavy atom. The quantitative estimate of drug-likeness (QED) is 0.467. The Balaban J connectivity index is 1.55. The van der Waals surface area contributed by atoms with E-state index in [9.17, 15) is 14.9 Å². The Hall–Kier alpha value is -3.01. The standard InChI is InChI=1S/C16H15BrN6O3/c17-14-7-19-22(10-14)9-12-2-1-3-13(6-12)16(24)18-4-5-21-11-15(8-20-21)23(25)26/h1-3,6-8,10-11H,4-5,9H2,(H,18,24). The molecule has 134 valence electrons. The number of halogens is 1. The number of aromatic nitrogens is 4. The molecule has 0 spiro atoms. The molecule has 10 heteroatoms. The molecule has 1 amide bonds. The smallest absolute Gasteiger partial charge is 0.306 e. The highest BCUT2D eigenvalue weighted by molar-refractivity contribution is 9.10. The molecule has 0 aliphatic carbocycles. The van der Waals surface area contributed by atoms with E-state index in [-0.39, 0.29) is 11.6 Å². The Kier molecular flexibility index (Phi) is 5.42. The number of hydrogen-bond donors (Lipinski definition) is 1. The lowest BCUT2D eigenvalue weighted by Gasteiger charge is -2.07. The number of rotatable bonds is 7. The molecule has 2 heterocycles. The van der Waals surface area contributed by atoms with Gasteiger partial charge in [0.05, 0.1) is 28.7 Å². The highest BCUT2D eigenvalue weighted by Gasteiger charge is 2.10. The Bertz CT molecular complexity index is 935. The number of nitrogens with one attached hydrogen (secondary N) is 1. The Morgan fingerprint density at radius 3 is 2.73 bits per heavy atom. The van der Waals surface area contributed by atoms with Gasteiger partial charge in [-0.05, 0) is 33.6 Å². The van der Waals surface area contributed by atoms with E-state index in [4.69, 9.17) is 0 Å². The first-order chi connectivity index (χ1) is 12.5. The van der Waals surface area contributed by atoms with Gasteiger partial charge in [0.1, 0.15) is 12.4 Å². The zero-order valence-corrected chi connectivity index (χ0v) is 15.2. The third-order valence-corrected chi connectivity index (χ3v) is 4.00. The van der Waals surface area contributed by atoms with Crippen molar-refractivity contribution in [2.45, 2.75) is 13.1 Å². The fraction of sp³-hybridized carbons (Fsp3) is 0.188. The molecule has 0 bridgehead atoms. The maximum absolute atomic E-state index is 12.3. The van der Waals surface area contributed by atoms with Crippen molar-refractivity contribution in [3.05, 3.63) is 74.8 Å². The molecule has 9 nitrogen and oxygen atoms in total. The van der Waals surface area contributed by atoms with Crippen LogP contribution in [0.4, 0.5) is 5.69 Å². The number of carbonyl (C=O) groups excluding carboxylic acids is 1. The summed E-state index contributed by atoms with van der Waals surface area (Å²) in [4.78, 5) is 22.4. The lowest BCUT2D eigenvalue weighted by Crippen LogP contribution is -2.27. The first-order valence-electron chi connectivity index (χ1n) is 7.73. The molecule has 0 aliphatic rings. The number of nitrogens with zero attached hydrogens (tertiary/aromatic N) is 5. The second kappa shape index (κ2) is 7.91. The van der Waals surface area contributed by atoms with E-state index in [1.165, 1.54) is 17.1 Å². The molecule has 0 saturated heterocycles. The molecule has 0 fully saturated rings. The van der Waals surface area contributed by atoms with E-state index in [0.29, 0.717) is 25.2 Å². The summed E-state index contributed by atoms with van der Waals surface area (Å²) in [6, 6.07) is 7.29. The monoisotopic (exact) mass is 418 g/mol. The minimum atomic E-state index is -0.508. The van der Waals surface area contributed by atoms with Crippen molar-refractivity contribution in [2.75, 3.05) is 6.54 Å². The van der Waals surface area contributed by atoms with Gasteiger partial charge in [-0.2, -0.15) is 10.2 Å². The third kappa shape index (κ3) is 4.54. The van der Waals surface area contributed by atoms with Gasteiger partial charge in [0.15, 0.2) is 0 Å². The number of carbonyl (C=O) groups is 1. The van der Waals surface area contributed by atoms with Crippen LogP contribution in [0.15, 0.2) is 53.5 Å². The van der Waals surface area contributed by atoms with Crippen LogP contribution in [0, 0.1) is 10.1 Å². The van der Waals surface area contributed by atoms with E-state index >= 15 is 0 Å². The molecule has 0 radical (unpaired) electrons. The zero-order valence-electron chi connectivity index (χ0n) is 13.6. The average Bonchev–Trinajstić information content (AvgIpc) is 3.24. The van der Waals surface area contributed by atoms with Gasteiger partial charge >= 0.3 is 5.69 Å². The lowest BCUT2D eigenvalue weighted by atomic mass is 10.1. The van der Waals surface area contributed by atoms with Crippen LogP contribution in [0.5, 0.6) is 0 Å². The van der Waals surface area contributed by atoms with E-state index < -0.39 is 4.92 Å². The van der Waals surface area contributed by atoms with Crippen LogP contribution < -0.4 is 5.32 Å². The highest BCUT2D eigenvalue weighted by Crippen LogP contribution is 2.11. The maximum Gasteiger partial charge on any atom is 0.306 e. The van der Waals surface area contributed by atoms with Crippen LogP contribution in [-0.4, -0.2) is 36.9 Å². The summed E-state index contributed by atoms with van der Waals surface area (Å²) in [5.74, 6) is -0.213. The van der Waals surface area contributed by atoms with Crippen molar-refractivity contribution < 1.29 is 9.72 Å². The molecule has 3 rings (SSSR count). The van der Waals surface area contributed by atoms with Gasteiger partial charge < -0.3 is 5.32 Å². The summed E-state index contributed by atoms with van der Waals surface area (Å²) in [5, 5.41) is 21.5. The van der Waals surface area contributed by atoms with Gasteiger partial charge in [-0.15, -0.1) is 0 Å². The van der Waals surface area contributed by atoms with Crippen molar-refractivity contribution >= 4 is 27.5 Å². The predicted octanol–water partition coefficient (Wildman–Crippen LogP) is 2.23. The normalized spacial score (nSPS) is 10.7. The van der Waals surface area contributed by atoms with Gasteiger partial charge in [-0.25, -0.2) is 0 Å². The molecule has 0 atom stereocenters. The second-order valence-electron chi connectivity index (χ2n) is 5.53. The van der Waals surface area contributed by atoms with Crippen LogP contribution >= 0.6 is 15.9 Å². The average molecular weight is 419 g/mol. The van der Waals surface area contributed by atoms with Crippen LogP contribution in [0.25, 0.3) is 0 Å². The fourth-order valence-electron chi connectivity index (χ4n) is 2.38. The largest absolute Gasteiger partial charge is 0.350 e. The van der Waals surface area contributed by atoms with Gasteiger partial charge in [0.2, 0.25) is 0 Å². The number of benzene rings is 1. The minimum absolute atomic E-state index is 0.0747. The second-order valence-corrected chi connectivity index (χ2v) is 6.45. The van der Waals surface area contributed by atoms with Crippen LogP contribution in [0.1, 0.15) is 15.9 Å². The molecule has 1 aromatic carbocycles. The molecule has 0 saturated carbocycles. The summed E-state index contributed by atoms with van der Waals surface area (Å²) in [6.45, 7) is 1.22. The molecular formula is C16H15BrN6O3. The molecule has 1 N–H and O–H groups in total. The maximum atomic E-state index is 12.3. The summed E-state index contributed by atoms with van der Waals surface area (Å²) < 4.78 is 4.08. The van der Waals surface area contributed by atoms with E-state index in [1.54, 1.807) is 16.9 Å². The van der Waals surface area contributed by atoms with Crippen molar-refractivity contribution in [3.63, 3.8) is 0 Å². The topological polar surface area (TPSA) is 108 Å². The van der Waals surface area contributed by atoms with E-state index in [1.807, 2.05) is 24.4 Å².